The van der Waals surface area contributed by atoms with Crippen molar-refractivity contribution in [1.82, 2.24) is 4.98 Å². The summed E-state index contributed by atoms with van der Waals surface area (Å²) in [7, 11) is 0. The molecule has 0 saturated heterocycles. The minimum absolute atomic E-state index is 0.573. The van der Waals surface area contributed by atoms with Crippen LogP contribution in [0.3, 0.4) is 0 Å². The van der Waals surface area contributed by atoms with Gasteiger partial charge in [0.15, 0.2) is 0 Å². The van der Waals surface area contributed by atoms with Gasteiger partial charge in [-0.15, -0.1) is 11.8 Å². The Kier molecular flexibility index (Phi) is 2.29. The normalized spacial score (nSPS) is 10.9. The summed E-state index contributed by atoms with van der Waals surface area (Å²) in [5.41, 5.74) is 7.81. The van der Waals surface area contributed by atoms with Crippen molar-refractivity contribution in [2.45, 2.75) is 11.4 Å². The summed E-state index contributed by atoms with van der Waals surface area (Å²) in [6.07, 6.45) is 2.08. The van der Waals surface area contributed by atoms with Gasteiger partial charge in [-0.3, -0.25) is 0 Å². The van der Waals surface area contributed by atoms with Crippen LogP contribution in [0.25, 0.3) is 10.9 Å². The van der Waals surface area contributed by atoms with Crippen LogP contribution < -0.4 is 5.73 Å². The Balaban J connectivity index is 2.57. The van der Waals surface area contributed by atoms with Gasteiger partial charge >= 0.3 is 0 Å². The number of fused-ring (bicyclic) bond motifs is 1. The third kappa shape index (κ3) is 1.57. The van der Waals surface area contributed by atoms with Gasteiger partial charge in [0, 0.05) is 22.7 Å². The van der Waals surface area contributed by atoms with Crippen LogP contribution in [0.4, 0.5) is 0 Å². The van der Waals surface area contributed by atoms with E-state index in [1.807, 2.05) is 0 Å². The van der Waals surface area contributed by atoms with Crippen LogP contribution in [0, 0.1) is 0 Å². The summed E-state index contributed by atoms with van der Waals surface area (Å²) in [6, 6.07) is 8.50. The summed E-state index contributed by atoms with van der Waals surface area (Å²) >= 11 is 1.75. The molecule has 0 aliphatic rings. The van der Waals surface area contributed by atoms with Gasteiger partial charge in [-0.25, -0.2) is 0 Å². The van der Waals surface area contributed by atoms with Crippen molar-refractivity contribution in [3.63, 3.8) is 0 Å². The molecule has 0 saturated carbocycles. The lowest BCUT2D eigenvalue weighted by molar-refractivity contribution is 1.02. The van der Waals surface area contributed by atoms with Crippen LogP contribution in [0.2, 0.25) is 0 Å². The van der Waals surface area contributed by atoms with Gasteiger partial charge < -0.3 is 10.7 Å². The van der Waals surface area contributed by atoms with Crippen LogP contribution in [-0.4, -0.2) is 11.2 Å². The van der Waals surface area contributed by atoms with E-state index in [-0.39, 0.29) is 0 Å². The van der Waals surface area contributed by atoms with E-state index in [0.717, 1.165) is 5.69 Å². The molecule has 1 heterocycles. The molecule has 0 aliphatic carbocycles. The van der Waals surface area contributed by atoms with Gasteiger partial charge in [-0.1, -0.05) is 6.07 Å². The standard InChI is InChI=1S/C10H12N2S/c1-13-9-3-2-7-4-8(6-11)12-10(7)5-9/h2-5,12H,6,11H2,1H3. The topological polar surface area (TPSA) is 41.8 Å². The molecule has 0 unspecified atom stereocenters. The van der Waals surface area contributed by atoms with E-state index in [1.54, 1.807) is 11.8 Å². The fourth-order valence-electron chi connectivity index (χ4n) is 1.40. The lowest BCUT2D eigenvalue weighted by Gasteiger charge is -1.94. The molecule has 2 rings (SSSR count). The molecule has 3 heteroatoms. The zero-order valence-corrected chi connectivity index (χ0v) is 8.32. The molecule has 0 amide bonds. The maximum absolute atomic E-state index is 5.55. The van der Waals surface area contributed by atoms with E-state index in [2.05, 4.69) is 35.5 Å². The number of aromatic nitrogens is 1. The molecule has 2 aromatic rings. The zero-order valence-electron chi connectivity index (χ0n) is 7.50. The highest BCUT2D eigenvalue weighted by Crippen LogP contribution is 2.22. The molecule has 0 bridgehead atoms. The second-order valence-corrected chi connectivity index (χ2v) is 3.83. The van der Waals surface area contributed by atoms with Crippen molar-refractivity contribution < 1.29 is 0 Å². The largest absolute Gasteiger partial charge is 0.357 e. The molecule has 13 heavy (non-hydrogen) atoms. The second-order valence-electron chi connectivity index (χ2n) is 2.95. The van der Waals surface area contributed by atoms with Gasteiger partial charge in [0.05, 0.1) is 0 Å². The number of hydrogen-bond donors (Lipinski definition) is 2. The first kappa shape index (κ1) is 8.66. The van der Waals surface area contributed by atoms with Crippen molar-refractivity contribution in [2.24, 2.45) is 5.73 Å². The van der Waals surface area contributed by atoms with Crippen LogP contribution in [0.15, 0.2) is 29.2 Å². The lowest BCUT2D eigenvalue weighted by Crippen LogP contribution is -1.94. The molecule has 1 aromatic carbocycles. The first-order valence-corrected chi connectivity index (χ1v) is 5.41. The van der Waals surface area contributed by atoms with E-state index < -0.39 is 0 Å². The molecule has 0 radical (unpaired) electrons. The third-order valence-corrected chi connectivity index (χ3v) is 2.83. The van der Waals surface area contributed by atoms with E-state index >= 15 is 0 Å². The first-order valence-electron chi connectivity index (χ1n) is 4.19. The van der Waals surface area contributed by atoms with Gasteiger partial charge in [0.1, 0.15) is 0 Å². The highest BCUT2D eigenvalue weighted by molar-refractivity contribution is 7.98. The molecule has 0 fully saturated rings. The van der Waals surface area contributed by atoms with Gasteiger partial charge in [-0.05, 0) is 29.8 Å². The average Bonchev–Trinajstić information content (AvgIpc) is 2.58. The van der Waals surface area contributed by atoms with Crippen molar-refractivity contribution in [1.29, 1.82) is 0 Å². The monoisotopic (exact) mass is 192 g/mol. The predicted molar refractivity (Wildman–Crippen MR) is 58.0 cm³/mol. The molecule has 0 aliphatic heterocycles. The maximum atomic E-state index is 5.55. The number of aromatic amines is 1. The molecule has 0 atom stereocenters. The number of hydrogen-bond acceptors (Lipinski definition) is 2. The number of nitrogens with two attached hydrogens (primary N) is 1. The fourth-order valence-corrected chi connectivity index (χ4v) is 1.84. The third-order valence-electron chi connectivity index (χ3n) is 2.11. The van der Waals surface area contributed by atoms with Crippen molar-refractivity contribution in [3.05, 3.63) is 30.0 Å². The SMILES string of the molecule is CSc1ccc2cc(CN)[nH]c2c1. The van der Waals surface area contributed by atoms with E-state index in [4.69, 9.17) is 5.73 Å². The Morgan fingerprint density at radius 3 is 2.92 bits per heavy atom. The summed E-state index contributed by atoms with van der Waals surface area (Å²) in [4.78, 5) is 4.56. The van der Waals surface area contributed by atoms with Crippen molar-refractivity contribution in [2.75, 3.05) is 6.26 Å². The Morgan fingerprint density at radius 2 is 2.23 bits per heavy atom. The Hall–Kier alpha value is -0.930. The first-order chi connectivity index (χ1) is 6.33. The smallest absolute Gasteiger partial charge is 0.0467 e. The van der Waals surface area contributed by atoms with Crippen LogP contribution >= 0.6 is 11.8 Å². The molecule has 3 N–H and O–H groups in total. The number of thioether (sulfide) groups is 1. The predicted octanol–water partition coefficient (Wildman–Crippen LogP) is 2.35. The maximum Gasteiger partial charge on any atom is 0.0467 e. The molecule has 0 spiro atoms. The summed E-state index contributed by atoms with van der Waals surface area (Å²) in [6.45, 7) is 0.573. The van der Waals surface area contributed by atoms with Gasteiger partial charge in [0.25, 0.3) is 0 Å². The minimum Gasteiger partial charge on any atom is -0.357 e. The van der Waals surface area contributed by atoms with Gasteiger partial charge in [-0.2, -0.15) is 0 Å². The second kappa shape index (κ2) is 3.44. The number of rotatable bonds is 2. The summed E-state index contributed by atoms with van der Waals surface area (Å²) < 4.78 is 0. The molecule has 1 aromatic heterocycles. The van der Waals surface area contributed by atoms with Crippen molar-refractivity contribution >= 4 is 22.7 Å². The Labute approximate surface area is 81.5 Å². The average molecular weight is 192 g/mol. The van der Waals surface area contributed by atoms with Gasteiger partial charge in [0.2, 0.25) is 0 Å². The zero-order chi connectivity index (χ0) is 9.26. The van der Waals surface area contributed by atoms with Crippen molar-refractivity contribution in [3.8, 4) is 0 Å². The van der Waals surface area contributed by atoms with Crippen LogP contribution in [-0.2, 0) is 6.54 Å². The highest BCUT2D eigenvalue weighted by Gasteiger charge is 1.99. The van der Waals surface area contributed by atoms with E-state index in [9.17, 15) is 0 Å². The fraction of sp³-hybridized carbons (Fsp3) is 0.200. The minimum atomic E-state index is 0.573. The highest BCUT2D eigenvalue weighted by atomic mass is 32.2. The Bertz CT molecular complexity index is 418. The summed E-state index contributed by atoms with van der Waals surface area (Å²) in [5, 5.41) is 1.23. The molecular formula is C10H12N2S. The molecule has 68 valence electrons. The van der Waals surface area contributed by atoms with Crippen LogP contribution in [0.1, 0.15) is 5.69 Å². The number of nitrogens with one attached hydrogen (secondary N) is 1. The number of benzene rings is 1. The van der Waals surface area contributed by atoms with Crippen LogP contribution in [0.5, 0.6) is 0 Å². The number of H-pyrrole nitrogens is 1. The quantitative estimate of drug-likeness (QED) is 0.717. The lowest BCUT2D eigenvalue weighted by atomic mass is 10.2. The summed E-state index contributed by atoms with van der Waals surface area (Å²) in [5.74, 6) is 0. The molecular weight excluding hydrogens is 180 g/mol. The van der Waals surface area contributed by atoms with E-state index in [0.29, 0.717) is 6.54 Å². The molecule has 2 nitrogen and oxygen atoms in total. The Morgan fingerprint density at radius 1 is 1.38 bits per heavy atom. The van der Waals surface area contributed by atoms with E-state index in [1.165, 1.54) is 15.8 Å².